The number of rotatable bonds is 7. The molecule has 0 radical (unpaired) electrons. The van der Waals surface area contributed by atoms with Gasteiger partial charge in [0.1, 0.15) is 12.4 Å². The molecule has 1 atom stereocenters. The van der Waals surface area contributed by atoms with Crippen LogP contribution in [0.1, 0.15) is 18.5 Å². The molecule has 4 nitrogen and oxygen atoms in total. The maximum Gasteiger partial charge on any atom is 0.160 e. The van der Waals surface area contributed by atoms with E-state index in [1.807, 2.05) is 42.5 Å². The number of benzene rings is 2. The Kier molecular flexibility index (Phi) is 5.46. The number of phenolic OH excluding ortho intramolecular Hbond substituents is 1. The van der Waals surface area contributed by atoms with Crippen molar-refractivity contribution < 1.29 is 14.6 Å². The van der Waals surface area contributed by atoms with Gasteiger partial charge in [-0.15, -0.1) is 0 Å². The number of nitrogens with one attached hydrogen (secondary N) is 1. The third-order valence-electron chi connectivity index (χ3n) is 3.27. The highest BCUT2D eigenvalue weighted by molar-refractivity contribution is 5.42. The van der Waals surface area contributed by atoms with Gasteiger partial charge in [-0.05, 0) is 36.8 Å². The molecule has 4 heteroatoms. The van der Waals surface area contributed by atoms with Crippen LogP contribution in [0.5, 0.6) is 17.2 Å². The topological polar surface area (TPSA) is 50.7 Å². The second-order valence-electron chi connectivity index (χ2n) is 4.77. The number of methoxy groups -OCH3 is 1. The van der Waals surface area contributed by atoms with Crippen molar-refractivity contribution in [2.45, 2.75) is 13.0 Å². The number of hydrogen-bond donors (Lipinski definition) is 2. The molecule has 0 aliphatic heterocycles. The van der Waals surface area contributed by atoms with Crippen molar-refractivity contribution in [2.24, 2.45) is 0 Å². The van der Waals surface area contributed by atoms with E-state index in [1.54, 1.807) is 13.2 Å². The number of phenols is 1. The van der Waals surface area contributed by atoms with Crippen LogP contribution in [0.15, 0.2) is 48.5 Å². The van der Waals surface area contributed by atoms with Crippen LogP contribution < -0.4 is 14.8 Å². The van der Waals surface area contributed by atoms with Crippen molar-refractivity contribution in [1.29, 1.82) is 0 Å². The Bertz CT molecular complexity index is 557. The molecule has 0 spiro atoms. The average Bonchev–Trinajstić information content (AvgIpc) is 2.53. The Morgan fingerprint density at radius 1 is 1.14 bits per heavy atom. The van der Waals surface area contributed by atoms with Crippen LogP contribution in [0, 0.1) is 0 Å². The van der Waals surface area contributed by atoms with Gasteiger partial charge < -0.3 is 19.9 Å². The van der Waals surface area contributed by atoms with E-state index < -0.39 is 0 Å². The molecule has 2 aromatic rings. The average molecular weight is 287 g/mol. The van der Waals surface area contributed by atoms with Crippen LogP contribution >= 0.6 is 0 Å². The van der Waals surface area contributed by atoms with Gasteiger partial charge in [0.05, 0.1) is 7.11 Å². The lowest BCUT2D eigenvalue weighted by molar-refractivity contribution is 0.307. The Morgan fingerprint density at radius 2 is 1.90 bits per heavy atom. The summed E-state index contributed by atoms with van der Waals surface area (Å²) in [5.41, 5.74) is 1.06. The Balaban J connectivity index is 1.80. The maximum absolute atomic E-state index is 9.59. The van der Waals surface area contributed by atoms with E-state index in [9.17, 15) is 5.11 Å². The van der Waals surface area contributed by atoms with Crippen molar-refractivity contribution in [3.05, 3.63) is 54.1 Å². The maximum atomic E-state index is 9.59. The monoisotopic (exact) mass is 287 g/mol. The number of ether oxygens (including phenoxy) is 2. The summed E-state index contributed by atoms with van der Waals surface area (Å²) in [5, 5.41) is 13.0. The van der Waals surface area contributed by atoms with Crippen LogP contribution in [0.25, 0.3) is 0 Å². The molecule has 2 rings (SSSR count). The van der Waals surface area contributed by atoms with Gasteiger partial charge in [0.25, 0.3) is 0 Å². The lowest BCUT2D eigenvalue weighted by atomic mass is 10.1. The molecule has 2 N–H and O–H groups in total. The highest BCUT2D eigenvalue weighted by Crippen LogP contribution is 2.28. The van der Waals surface area contributed by atoms with Crippen LogP contribution in [0.2, 0.25) is 0 Å². The molecule has 0 heterocycles. The van der Waals surface area contributed by atoms with Crippen LogP contribution in [0.3, 0.4) is 0 Å². The molecule has 21 heavy (non-hydrogen) atoms. The Hall–Kier alpha value is -2.20. The number of aromatic hydroxyl groups is 1. The van der Waals surface area contributed by atoms with E-state index in [-0.39, 0.29) is 11.8 Å². The standard InChI is InChI=1S/C17H21NO3/c1-13(14-8-9-16(19)17(12-14)20-2)18-10-11-21-15-6-4-3-5-7-15/h3-9,12-13,18-19H,10-11H2,1-2H3. The fourth-order valence-corrected chi connectivity index (χ4v) is 2.04. The zero-order valence-electron chi connectivity index (χ0n) is 12.4. The quantitative estimate of drug-likeness (QED) is 0.768. The van der Waals surface area contributed by atoms with Gasteiger partial charge in [-0.2, -0.15) is 0 Å². The summed E-state index contributed by atoms with van der Waals surface area (Å²) in [6, 6.07) is 15.3. The van der Waals surface area contributed by atoms with Gasteiger partial charge in [0.15, 0.2) is 11.5 Å². The Morgan fingerprint density at radius 3 is 2.62 bits per heavy atom. The third kappa shape index (κ3) is 4.39. The van der Waals surface area contributed by atoms with Gasteiger partial charge in [0.2, 0.25) is 0 Å². The van der Waals surface area contributed by atoms with E-state index in [4.69, 9.17) is 9.47 Å². The van der Waals surface area contributed by atoms with Crippen molar-refractivity contribution in [3.63, 3.8) is 0 Å². The highest BCUT2D eigenvalue weighted by atomic mass is 16.5. The highest BCUT2D eigenvalue weighted by Gasteiger charge is 2.08. The van der Waals surface area contributed by atoms with Crippen molar-refractivity contribution in [3.8, 4) is 17.2 Å². The van der Waals surface area contributed by atoms with Gasteiger partial charge in [-0.1, -0.05) is 24.3 Å². The molecule has 2 aromatic carbocycles. The van der Waals surface area contributed by atoms with Gasteiger partial charge in [-0.25, -0.2) is 0 Å². The van der Waals surface area contributed by atoms with Gasteiger partial charge in [0, 0.05) is 12.6 Å². The van der Waals surface area contributed by atoms with Crippen molar-refractivity contribution >= 4 is 0 Å². The first-order chi connectivity index (χ1) is 10.2. The summed E-state index contributed by atoms with van der Waals surface area (Å²) >= 11 is 0. The SMILES string of the molecule is COc1cc(C(C)NCCOc2ccccc2)ccc1O. The zero-order chi connectivity index (χ0) is 15.1. The fourth-order valence-electron chi connectivity index (χ4n) is 2.04. The second-order valence-corrected chi connectivity index (χ2v) is 4.77. The summed E-state index contributed by atoms with van der Waals surface area (Å²) in [4.78, 5) is 0. The normalized spacial score (nSPS) is 11.9. The minimum atomic E-state index is 0.152. The summed E-state index contributed by atoms with van der Waals surface area (Å²) in [7, 11) is 1.55. The predicted molar refractivity (Wildman–Crippen MR) is 83.0 cm³/mol. The largest absolute Gasteiger partial charge is 0.504 e. The second kappa shape index (κ2) is 7.55. The predicted octanol–water partition coefficient (Wildman–Crippen LogP) is 3.13. The van der Waals surface area contributed by atoms with Crippen LogP contribution in [-0.2, 0) is 0 Å². The third-order valence-corrected chi connectivity index (χ3v) is 3.27. The lowest BCUT2D eigenvalue weighted by Crippen LogP contribution is -2.24. The number of para-hydroxylation sites is 1. The van der Waals surface area contributed by atoms with Crippen molar-refractivity contribution in [2.75, 3.05) is 20.3 Å². The molecule has 112 valence electrons. The van der Waals surface area contributed by atoms with E-state index in [0.29, 0.717) is 12.4 Å². The molecule has 0 saturated heterocycles. The molecule has 0 saturated carbocycles. The minimum absolute atomic E-state index is 0.152. The van der Waals surface area contributed by atoms with Crippen LogP contribution in [0.4, 0.5) is 0 Å². The van der Waals surface area contributed by atoms with Crippen LogP contribution in [-0.4, -0.2) is 25.4 Å². The fraction of sp³-hybridized carbons (Fsp3) is 0.294. The Labute approximate surface area is 125 Å². The summed E-state index contributed by atoms with van der Waals surface area (Å²) in [5.74, 6) is 1.51. The molecule has 0 aliphatic carbocycles. The summed E-state index contributed by atoms with van der Waals surface area (Å²) in [6.45, 7) is 3.40. The van der Waals surface area contributed by atoms with Gasteiger partial charge >= 0.3 is 0 Å². The molecule has 1 unspecified atom stereocenters. The smallest absolute Gasteiger partial charge is 0.160 e. The first-order valence-corrected chi connectivity index (χ1v) is 6.99. The minimum Gasteiger partial charge on any atom is -0.504 e. The molecule has 0 fully saturated rings. The van der Waals surface area contributed by atoms with E-state index >= 15 is 0 Å². The molecule has 0 aliphatic rings. The van der Waals surface area contributed by atoms with Crippen molar-refractivity contribution in [1.82, 2.24) is 5.32 Å². The molecular weight excluding hydrogens is 266 g/mol. The first-order valence-electron chi connectivity index (χ1n) is 6.99. The number of hydrogen-bond acceptors (Lipinski definition) is 4. The summed E-state index contributed by atoms with van der Waals surface area (Å²) < 4.78 is 10.7. The first kappa shape index (κ1) is 15.2. The molecule has 0 bridgehead atoms. The molecular formula is C17H21NO3. The van der Waals surface area contributed by atoms with E-state index in [2.05, 4.69) is 12.2 Å². The van der Waals surface area contributed by atoms with E-state index in [1.165, 1.54) is 0 Å². The zero-order valence-corrected chi connectivity index (χ0v) is 12.4. The molecule has 0 amide bonds. The van der Waals surface area contributed by atoms with Gasteiger partial charge in [-0.3, -0.25) is 0 Å². The summed E-state index contributed by atoms with van der Waals surface area (Å²) in [6.07, 6.45) is 0. The van der Waals surface area contributed by atoms with E-state index in [0.717, 1.165) is 17.9 Å². The lowest BCUT2D eigenvalue weighted by Gasteiger charge is -2.16. The molecule has 0 aromatic heterocycles.